The lowest BCUT2D eigenvalue weighted by Gasteiger charge is -2.24. The van der Waals surface area contributed by atoms with E-state index < -0.39 is 49.0 Å². The lowest BCUT2D eigenvalue weighted by atomic mass is 10.1. The van der Waals surface area contributed by atoms with Gasteiger partial charge in [-0.1, -0.05) is 12.1 Å². The second-order valence-electron chi connectivity index (χ2n) is 7.56. The normalized spacial score (nSPS) is 17.5. The first-order valence-electron chi connectivity index (χ1n) is 9.97. The first kappa shape index (κ1) is 25.1. The Bertz CT molecular complexity index is 1050. The van der Waals surface area contributed by atoms with Crippen molar-refractivity contribution in [2.75, 3.05) is 19.3 Å². The number of hydrogen-bond donors (Lipinski definition) is 2. The average molecular weight is 488 g/mol. The molecule has 1 atom stereocenters. The highest BCUT2D eigenvalue weighted by Crippen LogP contribution is 2.34. The molecule has 13 heteroatoms. The number of nitrogens with zero attached hydrogens (tertiary/aromatic N) is 2. The number of halogens is 5. The minimum Gasteiger partial charge on any atom is -0.406 e. The number of alkyl halides is 5. The smallest absolute Gasteiger partial charge is 0.406 e. The zero-order valence-electron chi connectivity index (χ0n) is 17.9. The van der Waals surface area contributed by atoms with E-state index in [4.69, 9.17) is 10.5 Å². The standard InChI is InChI=1S/C21H21F5N4O4/c1-28-19(32)13-7-14(18(27)29-9-13)10-33-17-8-20(22,23)11-30(17)16(31)6-12-2-4-15(5-3-12)34-21(24,25)26/h2-5,7,9,17H,6,8,10-11H2,1H3,(H2,27,29)(H,28,32)/t17-/m0/s1. The number of nitrogens with one attached hydrogen (secondary N) is 1. The van der Waals surface area contributed by atoms with Crippen LogP contribution in [-0.4, -0.2) is 53.8 Å². The first-order valence-corrected chi connectivity index (χ1v) is 9.97. The van der Waals surface area contributed by atoms with Gasteiger partial charge in [-0.2, -0.15) is 0 Å². The molecular weight excluding hydrogens is 467 g/mol. The molecule has 0 radical (unpaired) electrons. The summed E-state index contributed by atoms with van der Waals surface area (Å²) in [6, 6.07) is 5.93. The zero-order valence-corrected chi connectivity index (χ0v) is 17.9. The van der Waals surface area contributed by atoms with Crippen molar-refractivity contribution in [3.05, 3.63) is 53.2 Å². The highest BCUT2D eigenvalue weighted by Gasteiger charge is 2.47. The molecule has 3 rings (SSSR count). The number of pyridine rings is 1. The van der Waals surface area contributed by atoms with Crippen LogP contribution in [0.4, 0.5) is 27.8 Å². The molecule has 1 aliphatic heterocycles. The van der Waals surface area contributed by atoms with Crippen molar-refractivity contribution in [1.29, 1.82) is 0 Å². The molecule has 8 nitrogen and oxygen atoms in total. The van der Waals surface area contributed by atoms with Crippen LogP contribution >= 0.6 is 0 Å². The molecule has 0 saturated carbocycles. The third-order valence-electron chi connectivity index (χ3n) is 4.98. The van der Waals surface area contributed by atoms with E-state index in [9.17, 15) is 31.5 Å². The van der Waals surface area contributed by atoms with E-state index in [1.165, 1.54) is 31.4 Å². The highest BCUT2D eigenvalue weighted by atomic mass is 19.4. The minimum absolute atomic E-state index is 0.0384. The Morgan fingerprint density at radius 2 is 1.94 bits per heavy atom. The Balaban J connectivity index is 1.68. The van der Waals surface area contributed by atoms with Gasteiger partial charge in [0.1, 0.15) is 17.8 Å². The van der Waals surface area contributed by atoms with Crippen LogP contribution in [0, 0.1) is 0 Å². The van der Waals surface area contributed by atoms with Gasteiger partial charge in [-0.25, -0.2) is 13.8 Å². The fourth-order valence-electron chi connectivity index (χ4n) is 3.36. The van der Waals surface area contributed by atoms with E-state index in [-0.39, 0.29) is 30.0 Å². The van der Waals surface area contributed by atoms with Crippen LogP contribution in [0.5, 0.6) is 5.75 Å². The number of rotatable bonds is 7. The second kappa shape index (κ2) is 9.79. The van der Waals surface area contributed by atoms with E-state index >= 15 is 0 Å². The molecule has 2 aromatic rings. The molecule has 3 N–H and O–H groups in total. The fraction of sp³-hybridized carbons (Fsp3) is 0.381. The quantitative estimate of drug-likeness (QED) is 0.581. The number of hydrogen-bond acceptors (Lipinski definition) is 6. The van der Waals surface area contributed by atoms with Crippen LogP contribution in [0.25, 0.3) is 0 Å². The lowest BCUT2D eigenvalue weighted by Crippen LogP contribution is -2.39. The first-order chi connectivity index (χ1) is 15.9. The Morgan fingerprint density at radius 1 is 1.26 bits per heavy atom. The third-order valence-corrected chi connectivity index (χ3v) is 4.98. The summed E-state index contributed by atoms with van der Waals surface area (Å²) in [7, 11) is 1.43. The number of nitrogen functional groups attached to an aromatic ring is 1. The van der Waals surface area contributed by atoms with Gasteiger partial charge in [-0.3, -0.25) is 9.59 Å². The Morgan fingerprint density at radius 3 is 2.56 bits per heavy atom. The largest absolute Gasteiger partial charge is 0.573 e. The SMILES string of the molecule is CNC(=O)c1cnc(N)c(CO[C@H]2CC(F)(F)CN2C(=O)Cc2ccc(OC(F)(F)F)cc2)c1. The molecule has 1 aromatic carbocycles. The molecule has 2 heterocycles. The van der Waals surface area contributed by atoms with Gasteiger partial charge in [0.25, 0.3) is 11.8 Å². The molecule has 184 valence electrons. The minimum atomic E-state index is -4.86. The Labute approximate surface area is 190 Å². The van der Waals surface area contributed by atoms with Crippen LogP contribution in [0.2, 0.25) is 0 Å². The number of amides is 2. The zero-order chi connectivity index (χ0) is 25.1. The average Bonchev–Trinajstić information content (AvgIpc) is 3.07. The van der Waals surface area contributed by atoms with Crippen LogP contribution in [0.15, 0.2) is 36.5 Å². The topological polar surface area (TPSA) is 107 Å². The summed E-state index contributed by atoms with van der Waals surface area (Å²) in [6.45, 7) is -1.16. The van der Waals surface area contributed by atoms with Crippen molar-refractivity contribution < 1.29 is 41.0 Å². The predicted octanol–water partition coefficient (Wildman–Crippen LogP) is 2.88. The van der Waals surface area contributed by atoms with E-state index in [1.54, 1.807) is 0 Å². The van der Waals surface area contributed by atoms with Crippen molar-refractivity contribution in [2.45, 2.75) is 38.0 Å². The number of likely N-dealkylation sites (tertiary alicyclic amines) is 1. The lowest BCUT2D eigenvalue weighted by molar-refractivity contribution is -0.274. The third kappa shape index (κ3) is 6.53. The summed E-state index contributed by atoms with van der Waals surface area (Å²) in [4.78, 5) is 29.2. The van der Waals surface area contributed by atoms with Gasteiger partial charge < -0.3 is 25.4 Å². The molecular formula is C21H21F5N4O4. The number of anilines is 1. The number of carbonyl (C=O) groups excluding carboxylic acids is 2. The molecule has 0 unspecified atom stereocenters. The number of benzene rings is 1. The Hall–Kier alpha value is -3.48. The highest BCUT2D eigenvalue weighted by molar-refractivity contribution is 5.94. The maximum Gasteiger partial charge on any atom is 0.573 e. The molecule has 1 fully saturated rings. The number of ether oxygens (including phenoxy) is 2. The van der Waals surface area contributed by atoms with E-state index in [2.05, 4.69) is 15.0 Å². The van der Waals surface area contributed by atoms with Crippen molar-refractivity contribution in [3.63, 3.8) is 0 Å². The monoisotopic (exact) mass is 488 g/mol. The van der Waals surface area contributed by atoms with Crippen molar-refractivity contribution in [2.24, 2.45) is 0 Å². The van der Waals surface area contributed by atoms with Gasteiger partial charge in [-0.15, -0.1) is 13.2 Å². The molecule has 0 bridgehead atoms. The summed E-state index contributed by atoms with van der Waals surface area (Å²) in [6.07, 6.45) is -5.97. The van der Waals surface area contributed by atoms with Crippen molar-refractivity contribution >= 4 is 17.6 Å². The van der Waals surface area contributed by atoms with E-state index in [0.717, 1.165) is 17.0 Å². The Kier molecular flexibility index (Phi) is 7.24. The van der Waals surface area contributed by atoms with Crippen LogP contribution in [0.1, 0.15) is 27.9 Å². The maximum absolute atomic E-state index is 14.1. The molecule has 2 amide bonds. The molecule has 1 aliphatic rings. The summed E-state index contributed by atoms with van der Waals surface area (Å²) >= 11 is 0. The van der Waals surface area contributed by atoms with E-state index in [0.29, 0.717) is 5.56 Å². The van der Waals surface area contributed by atoms with Crippen LogP contribution < -0.4 is 15.8 Å². The van der Waals surface area contributed by atoms with Gasteiger partial charge in [0.2, 0.25) is 5.91 Å². The number of nitrogens with two attached hydrogens (primary N) is 1. The molecule has 0 spiro atoms. The van der Waals surface area contributed by atoms with Crippen molar-refractivity contribution in [3.8, 4) is 5.75 Å². The van der Waals surface area contributed by atoms with Gasteiger partial charge >= 0.3 is 6.36 Å². The summed E-state index contributed by atoms with van der Waals surface area (Å²) in [5.41, 5.74) is 6.56. The van der Waals surface area contributed by atoms with Crippen LogP contribution in [0.3, 0.4) is 0 Å². The predicted molar refractivity (Wildman–Crippen MR) is 109 cm³/mol. The molecule has 1 saturated heterocycles. The van der Waals surface area contributed by atoms with Gasteiger partial charge in [-0.05, 0) is 23.8 Å². The number of carbonyl (C=O) groups is 2. The van der Waals surface area contributed by atoms with Crippen LogP contribution in [-0.2, 0) is 22.6 Å². The van der Waals surface area contributed by atoms with Gasteiger partial charge in [0.15, 0.2) is 0 Å². The summed E-state index contributed by atoms with van der Waals surface area (Å²) in [5, 5.41) is 2.42. The molecule has 34 heavy (non-hydrogen) atoms. The van der Waals surface area contributed by atoms with E-state index in [1.807, 2.05) is 0 Å². The number of aromatic nitrogens is 1. The van der Waals surface area contributed by atoms with Gasteiger partial charge in [0, 0.05) is 18.8 Å². The molecule has 1 aromatic heterocycles. The fourth-order valence-corrected chi connectivity index (χ4v) is 3.36. The second-order valence-corrected chi connectivity index (χ2v) is 7.56. The maximum atomic E-state index is 14.1. The molecule has 0 aliphatic carbocycles. The summed E-state index contributed by atoms with van der Waals surface area (Å²) < 4.78 is 74.3. The van der Waals surface area contributed by atoms with Crippen molar-refractivity contribution in [1.82, 2.24) is 15.2 Å². The summed E-state index contributed by atoms with van der Waals surface area (Å²) in [5.74, 6) is -4.75. The van der Waals surface area contributed by atoms with Gasteiger partial charge in [0.05, 0.1) is 31.6 Å².